The minimum atomic E-state index is -0.00356. The lowest BCUT2D eigenvalue weighted by Gasteiger charge is -2.21. The normalized spacial score (nSPS) is 13.3. The summed E-state index contributed by atoms with van der Waals surface area (Å²) in [5.74, 6) is 1.24. The third-order valence-electron chi connectivity index (χ3n) is 3.27. The molecule has 0 saturated carbocycles. The molecule has 0 fully saturated rings. The fourth-order valence-electron chi connectivity index (χ4n) is 2.34. The highest BCUT2D eigenvalue weighted by Crippen LogP contribution is 2.24. The SMILES string of the molecule is CCCc1nccn1C(CC(N)=NO)c1ccccc1. The molecule has 1 atom stereocenters. The van der Waals surface area contributed by atoms with Gasteiger partial charge in [0.25, 0.3) is 0 Å². The number of aromatic nitrogens is 2. The van der Waals surface area contributed by atoms with Crippen LogP contribution in [0.25, 0.3) is 0 Å². The molecule has 0 aliphatic rings. The third kappa shape index (κ3) is 3.17. The fourth-order valence-corrected chi connectivity index (χ4v) is 2.34. The first-order chi connectivity index (χ1) is 9.76. The fraction of sp³-hybridized carbons (Fsp3) is 0.333. The predicted molar refractivity (Wildman–Crippen MR) is 78.8 cm³/mol. The molecule has 0 saturated heterocycles. The van der Waals surface area contributed by atoms with Crippen molar-refractivity contribution >= 4 is 5.84 Å². The Morgan fingerprint density at radius 2 is 2.15 bits per heavy atom. The highest BCUT2D eigenvalue weighted by atomic mass is 16.4. The lowest BCUT2D eigenvalue weighted by molar-refractivity contribution is 0.315. The molecule has 2 rings (SSSR count). The number of hydrogen-bond donors (Lipinski definition) is 2. The van der Waals surface area contributed by atoms with Crippen molar-refractivity contribution in [2.45, 2.75) is 32.2 Å². The van der Waals surface area contributed by atoms with E-state index in [1.807, 2.05) is 36.5 Å². The van der Waals surface area contributed by atoms with Crippen molar-refractivity contribution in [3.05, 3.63) is 54.1 Å². The molecule has 1 aromatic carbocycles. The second kappa shape index (κ2) is 6.75. The number of hydrogen-bond acceptors (Lipinski definition) is 3. The van der Waals surface area contributed by atoms with Gasteiger partial charge in [-0.3, -0.25) is 0 Å². The summed E-state index contributed by atoms with van der Waals surface area (Å²) < 4.78 is 2.11. The molecule has 20 heavy (non-hydrogen) atoms. The Hall–Kier alpha value is -2.30. The van der Waals surface area contributed by atoms with Crippen molar-refractivity contribution < 1.29 is 5.21 Å². The first kappa shape index (κ1) is 14.1. The number of nitrogens with two attached hydrogens (primary N) is 1. The standard InChI is InChI=1S/C15H20N4O/c1-2-6-15-17-9-10-19(15)13(11-14(16)18-20)12-7-4-3-5-8-12/h3-5,7-10,13,20H,2,6,11H2,1H3,(H2,16,18). The Morgan fingerprint density at radius 1 is 1.40 bits per heavy atom. The molecule has 1 unspecified atom stereocenters. The number of benzene rings is 1. The van der Waals surface area contributed by atoms with E-state index in [9.17, 15) is 0 Å². The average Bonchev–Trinajstić information content (AvgIpc) is 2.94. The van der Waals surface area contributed by atoms with Gasteiger partial charge in [0, 0.05) is 25.2 Å². The monoisotopic (exact) mass is 272 g/mol. The topological polar surface area (TPSA) is 76.4 Å². The number of imidazole rings is 1. The summed E-state index contributed by atoms with van der Waals surface area (Å²) >= 11 is 0. The summed E-state index contributed by atoms with van der Waals surface area (Å²) in [6.07, 6.45) is 6.14. The number of oxime groups is 1. The second-order valence-corrected chi connectivity index (χ2v) is 4.72. The quantitative estimate of drug-likeness (QED) is 0.367. The van der Waals surface area contributed by atoms with Gasteiger partial charge in [0.05, 0.1) is 6.04 Å². The molecule has 0 amide bonds. The minimum absolute atomic E-state index is 0.00356. The van der Waals surface area contributed by atoms with Crippen molar-refractivity contribution in [1.29, 1.82) is 0 Å². The molecular formula is C15H20N4O. The smallest absolute Gasteiger partial charge is 0.141 e. The van der Waals surface area contributed by atoms with Crippen LogP contribution in [0.5, 0.6) is 0 Å². The zero-order valence-electron chi connectivity index (χ0n) is 11.6. The predicted octanol–water partition coefficient (Wildman–Crippen LogP) is 2.56. The van der Waals surface area contributed by atoms with Gasteiger partial charge in [-0.2, -0.15) is 0 Å². The Labute approximate surface area is 118 Å². The minimum Gasteiger partial charge on any atom is -0.409 e. The average molecular weight is 272 g/mol. The van der Waals surface area contributed by atoms with Crippen LogP contribution in [-0.4, -0.2) is 20.6 Å². The van der Waals surface area contributed by atoms with Crippen LogP contribution in [-0.2, 0) is 6.42 Å². The molecule has 0 radical (unpaired) electrons. The highest BCUT2D eigenvalue weighted by Gasteiger charge is 2.18. The van der Waals surface area contributed by atoms with Gasteiger partial charge in [0.2, 0.25) is 0 Å². The number of amidine groups is 1. The van der Waals surface area contributed by atoms with Gasteiger partial charge in [-0.25, -0.2) is 4.98 Å². The van der Waals surface area contributed by atoms with E-state index in [1.165, 1.54) is 0 Å². The zero-order chi connectivity index (χ0) is 14.4. The van der Waals surface area contributed by atoms with E-state index in [0.29, 0.717) is 6.42 Å². The molecule has 5 heteroatoms. The molecular weight excluding hydrogens is 252 g/mol. The van der Waals surface area contributed by atoms with Crippen LogP contribution in [0.3, 0.4) is 0 Å². The number of nitrogens with zero attached hydrogens (tertiary/aromatic N) is 3. The summed E-state index contributed by atoms with van der Waals surface area (Å²) in [5.41, 5.74) is 6.83. The molecule has 0 aliphatic carbocycles. The summed E-state index contributed by atoms with van der Waals surface area (Å²) in [6.45, 7) is 2.13. The Balaban J connectivity index is 2.38. The molecule has 5 nitrogen and oxygen atoms in total. The van der Waals surface area contributed by atoms with Crippen molar-refractivity contribution in [1.82, 2.24) is 9.55 Å². The number of aryl methyl sites for hydroxylation is 1. The maximum absolute atomic E-state index is 8.84. The Morgan fingerprint density at radius 3 is 2.80 bits per heavy atom. The van der Waals surface area contributed by atoms with Crippen LogP contribution >= 0.6 is 0 Å². The van der Waals surface area contributed by atoms with E-state index in [1.54, 1.807) is 6.20 Å². The maximum atomic E-state index is 8.84. The van der Waals surface area contributed by atoms with Gasteiger partial charge in [-0.05, 0) is 12.0 Å². The van der Waals surface area contributed by atoms with Crippen molar-refractivity contribution in [2.75, 3.05) is 0 Å². The van der Waals surface area contributed by atoms with Gasteiger partial charge in [-0.1, -0.05) is 42.4 Å². The lowest BCUT2D eigenvalue weighted by atomic mass is 10.0. The highest BCUT2D eigenvalue weighted by molar-refractivity contribution is 5.80. The van der Waals surface area contributed by atoms with E-state index in [2.05, 4.69) is 21.6 Å². The van der Waals surface area contributed by atoms with Crippen LogP contribution in [0.15, 0.2) is 47.9 Å². The summed E-state index contributed by atoms with van der Waals surface area (Å²) in [7, 11) is 0. The molecule has 1 heterocycles. The van der Waals surface area contributed by atoms with E-state index in [4.69, 9.17) is 10.9 Å². The van der Waals surface area contributed by atoms with Crippen molar-refractivity contribution in [3.63, 3.8) is 0 Å². The van der Waals surface area contributed by atoms with E-state index in [0.717, 1.165) is 24.2 Å². The largest absolute Gasteiger partial charge is 0.409 e. The lowest BCUT2D eigenvalue weighted by Crippen LogP contribution is -2.22. The van der Waals surface area contributed by atoms with Gasteiger partial charge >= 0.3 is 0 Å². The van der Waals surface area contributed by atoms with Crippen LogP contribution in [0.2, 0.25) is 0 Å². The molecule has 0 spiro atoms. The maximum Gasteiger partial charge on any atom is 0.141 e. The second-order valence-electron chi connectivity index (χ2n) is 4.72. The van der Waals surface area contributed by atoms with Crippen LogP contribution < -0.4 is 5.73 Å². The molecule has 3 N–H and O–H groups in total. The van der Waals surface area contributed by atoms with Gasteiger partial charge in [-0.15, -0.1) is 0 Å². The molecule has 0 bridgehead atoms. The van der Waals surface area contributed by atoms with E-state index >= 15 is 0 Å². The Kier molecular flexibility index (Phi) is 4.76. The molecule has 1 aromatic heterocycles. The van der Waals surface area contributed by atoms with Crippen LogP contribution in [0.4, 0.5) is 0 Å². The van der Waals surface area contributed by atoms with E-state index < -0.39 is 0 Å². The third-order valence-corrected chi connectivity index (χ3v) is 3.27. The summed E-state index contributed by atoms with van der Waals surface area (Å²) in [6, 6.07) is 10.0. The first-order valence-electron chi connectivity index (χ1n) is 6.79. The van der Waals surface area contributed by atoms with Crippen LogP contribution in [0, 0.1) is 0 Å². The molecule has 0 aliphatic heterocycles. The van der Waals surface area contributed by atoms with Crippen molar-refractivity contribution in [2.24, 2.45) is 10.9 Å². The first-order valence-corrected chi connectivity index (χ1v) is 6.79. The number of rotatable bonds is 6. The van der Waals surface area contributed by atoms with Crippen molar-refractivity contribution in [3.8, 4) is 0 Å². The van der Waals surface area contributed by atoms with Gasteiger partial charge in [0.15, 0.2) is 0 Å². The van der Waals surface area contributed by atoms with E-state index in [-0.39, 0.29) is 11.9 Å². The van der Waals surface area contributed by atoms with Crippen LogP contribution in [0.1, 0.15) is 37.2 Å². The Bertz CT molecular complexity index is 562. The summed E-state index contributed by atoms with van der Waals surface area (Å²) in [5, 5.41) is 11.9. The molecule has 2 aromatic rings. The zero-order valence-corrected chi connectivity index (χ0v) is 11.6. The summed E-state index contributed by atoms with van der Waals surface area (Å²) in [4.78, 5) is 4.41. The van der Waals surface area contributed by atoms with Gasteiger partial charge < -0.3 is 15.5 Å². The van der Waals surface area contributed by atoms with Gasteiger partial charge in [0.1, 0.15) is 11.7 Å². The molecule has 106 valence electrons.